The Hall–Kier alpha value is -2.09. The lowest BCUT2D eigenvalue weighted by Gasteiger charge is -2.11. The summed E-state index contributed by atoms with van der Waals surface area (Å²) in [6.45, 7) is 4.12. The third-order valence-corrected chi connectivity index (χ3v) is 2.73. The minimum absolute atomic E-state index is 0.279. The van der Waals surface area contributed by atoms with E-state index in [1.54, 1.807) is 0 Å². The van der Waals surface area contributed by atoms with Crippen LogP contribution in [0.2, 0.25) is 0 Å². The summed E-state index contributed by atoms with van der Waals surface area (Å²) in [5.41, 5.74) is 8.11. The van der Waals surface area contributed by atoms with Crippen molar-refractivity contribution in [3.05, 3.63) is 29.0 Å². The van der Waals surface area contributed by atoms with Crippen molar-refractivity contribution in [1.82, 2.24) is 20.3 Å². The predicted molar refractivity (Wildman–Crippen MR) is 69.0 cm³/mol. The van der Waals surface area contributed by atoms with Crippen LogP contribution >= 0.6 is 12.2 Å². The van der Waals surface area contributed by atoms with E-state index in [1.807, 2.05) is 13.8 Å². The first kappa shape index (κ1) is 12.4. The van der Waals surface area contributed by atoms with Gasteiger partial charge in [0.25, 0.3) is 0 Å². The smallest absolute Gasteiger partial charge is 0.213 e. The van der Waals surface area contributed by atoms with Gasteiger partial charge in [-0.2, -0.15) is 10.1 Å². The summed E-state index contributed by atoms with van der Waals surface area (Å²) in [6.07, 6.45) is 1.26. The van der Waals surface area contributed by atoms with Crippen LogP contribution in [0.4, 0.5) is 5.82 Å². The second-order valence-corrected chi connectivity index (χ2v) is 4.14. The molecule has 0 radical (unpaired) electrons. The highest BCUT2D eigenvalue weighted by Crippen LogP contribution is 2.18. The molecule has 2 rings (SSSR count). The number of nitrogens with one attached hydrogen (secondary N) is 1. The molecule has 3 N–H and O–H groups in total. The number of nitrogens with zero attached hydrogens (tertiary/aromatic N) is 4. The molecule has 0 unspecified atom stereocenters. The maximum atomic E-state index is 5.71. The number of hydrogen-bond donors (Lipinski definition) is 2. The Balaban J connectivity index is 2.27. The van der Waals surface area contributed by atoms with Crippen LogP contribution < -0.4 is 11.1 Å². The lowest BCUT2D eigenvalue weighted by Crippen LogP contribution is -2.18. The topological polar surface area (TPSA) is 103 Å². The summed E-state index contributed by atoms with van der Waals surface area (Å²) in [4.78, 5) is 4.17. The van der Waals surface area contributed by atoms with Crippen LogP contribution in [0.25, 0.3) is 0 Å². The molecule has 0 saturated heterocycles. The van der Waals surface area contributed by atoms with Gasteiger partial charge in [0, 0.05) is 0 Å². The highest BCUT2D eigenvalue weighted by molar-refractivity contribution is 7.80. The molecule has 0 aliphatic carbocycles. The summed E-state index contributed by atoms with van der Waals surface area (Å²) in [5, 5.41) is 14.8. The van der Waals surface area contributed by atoms with Crippen molar-refractivity contribution in [3.8, 4) is 0 Å². The minimum Gasteiger partial charge on any atom is -0.389 e. The van der Waals surface area contributed by atoms with E-state index < -0.39 is 0 Å². The average Bonchev–Trinajstić information content (AvgIpc) is 2.83. The number of aromatic nitrogens is 4. The number of nitrogens with two attached hydrogens (primary N) is 1. The van der Waals surface area contributed by atoms with E-state index in [0.717, 1.165) is 11.3 Å². The Morgan fingerprint density at radius 1 is 1.44 bits per heavy atom. The van der Waals surface area contributed by atoms with Gasteiger partial charge in [-0.1, -0.05) is 17.4 Å². The standard InChI is InChI=1S/C10H12N6OS/c1-5-6(2)14-15-10(8(5)9(11)18)12-3-7-13-4-17-16-7/h4H,3H2,1-2H3,(H2,11,18)(H,12,15). The summed E-state index contributed by atoms with van der Waals surface area (Å²) >= 11 is 5.03. The van der Waals surface area contributed by atoms with Crippen molar-refractivity contribution < 1.29 is 4.52 Å². The lowest BCUT2D eigenvalue weighted by atomic mass is 10.1. The van der Waals surface area contributed by atoms with Crippen LogP contribution in [0.1, 0.15) is 22.6 Å². The maximum absolute atomic E-state index is 5.71. The third kappa shape index (κ3) is 2.43. The summed E-state index contributed by atoms with van der Waals surface area (Å²) in [7, 11) is 0. The predicted octanol–water partition coefficient (Wildman–Crippen LogP) is 0.723. The van der Waals surface area contributed by atoms with Crippen LogP contribution in [0.3, 0.4) is 0 Å². The molecule has 0 atom stereocenters. The fourth-order valence-electron chi connectivity index (χ4n) is 1.47. The SMILES string of the molecule is Cc1nnc(NCc2ncon2)c(C(N)=S)c1C. The van der Waals surface area contributed by atoms with Crippen molar-refractivity contribution in [1.29, 1.82) is 0 Å². The number of aryl methyl sites for hydroxylation is 1. The fourth-order valence-corrected chi connectivity index (χ4v) is 1.72. The zero-order valence-electron chi connectivity index (χ0n) is 9.97. The monoisotopic (exact) mass is 264 g/mol. The molecule has 8 heteroatoms. The molecule has 0 aromatic carbocycles. The largest absolute Gasteiger partial charge is 0.389 e. The quantitative estimate of drug-likeness (QED) is 0.779. The van der Waals surface area contributed by atoms with Crippen molar-refractivity contribution in [2.45, 2.75) is 20.4 Å². The Bertz CT molecular complexity index is 568. The summed E-state index contributed by atoms with van der Waals surface area (Å²) < 4.78 is 4.64. The van der Waals surface area contributed by atoms with Gasteiger partial charge in [0.05, 0.1) is 17.8 Å². The highest BCUT2D eigenvalue weighted by Gasteiger charge is 2.13. The Labute approximate surface area is 109 Å². The number of anilines is 1. The molecule has 7 nitrogen and oxygen atoms in total. The second-order valence-electron chi connectivity index (χ2n) is 3.70. The average molecular weight is 264 g/mol. The molecule has 0 aliphatic heterocycles. The normalized spacial score (nSPS) is 10.3. The molecule has 0 saturated carbocycles. The fraction of sp³-hybridized carbons (Fsp3) is 0.300. The van der Waals surface area contributed by atoms with Gasteiger partial charge in [0.1, 0.15) is 4.99 Å². The molecule has 94 valence electrons. The van der Waals surface area contributed by atoms with Crippen LogP contribution in [0, 0.1) is 13.8 Å². The van der Waals surface area contributed by atoms with Crippen molar-refractivity contribution >= 4 is 23.0 Å². The van der Waals surface area contributed by atoms with Crippen molar-refractivity contribution in [3.63, 3.8) is 0 Å². The van der Waals surface area contributed by atoms with E-state index in [4.69, 9.17) is 18.0 Å². The molecule has 2 aromatic rings. The molecule has 0 aliphatic rings. The van der Waals surface area contributed by atoms with Gasteiger partial charge in [0.2, 0.25) is 6.39 Å². The van der Waals surface area contributed by atoms with E-state index >= 15 is 0 Å². The molecular weight excluding hydrogens is 252 g/mol. The number of hydrogen-bond acceptors (Lipinski definition) is 7. The van der Waals surface area contributed by atoms with Crippen LogP contribution in [0.5, 0.6) is 0 Å². The minimum atomic E-state index is 0.279. The summed E-state index contributed by atoms with van der Waals surface area (Å²) in [6, 6.07) is 0. The van der Waals surface area contributed by atoms with E-state index in [1.165, 1.54) is 6.39 Å². The lowest BCUT2D eigenvalue weighted by molar-refractivity contribution is 0.411. The molecule has 0 bridgehead atoms. The van der Waals surface area contributed by atoms with Gasteiger partial charge >= 0.3 is 0 Å². The van der Waals surface area contributed by atoms with Gasteiger partial charge in [-0.15, -0.1) is 5.10 Å². The van der Waals surface area contributed by atoms with Crippen LogP contribution in [0.15, 0.2) is 10.9 Å². The molecule has 0 spiro atoms. The van der Waals surface area contributed by atoms with E-state index in [9.17, 15) is 0 Å². The molecule has 2 aromatic heterocycles. The van der Waals surface area contributed by atoms with Crippen LogP contribution in [-0.4, -0.2) is 25.3 Å². The summed E-state index contributed by atoms with van der Waals surface area (Å²) in [5.74, 6) is 1.04. The van der Waals surface area contributed by atoms with Gasteiger partial charge in [-0.3, -0.25) is 0 Å². The first-order valence-electron chi connectivity index (χ1n) is 5.22. The van der Waals surface area contributed by atoms with E-state index in [0.29, 0.717) is 23.8 Å². The second kappa shape index (κ2) is 5.05. The maximum Gasteiger partial charge on any atom is 0.213 e. The van der Waals surface area contributed by atoms with Gasteiger partial charge in [-0.25, -0.2) is 0 Å². The first-order chi connectivity index (χ1) is 8.59. The first-order valence-corrected chi connectivity index (χ1v) is 5.63. The Kier molecular flexibility index (Phi) is 3.47. The Morgan fingerprint density at radius 2 is 2.22 bits per heavy atom. The molecular formula is C10H12N6OS. The van der Waals surface area contributed by atoms with Crippen LogP contribution in [-0.2, 0) is 6.54 Å². The third-order valence-electron chi connectivity index (χ3n) is 2.52. The van der Waals surface area contributed by atoms with Gasteiger partial charge < -0.3 is 15.6 Å². The van der Waals surface area contributed by atoms with Gasteiger partial charge in [0.15, 0.2) is 11.6 Å². The van der Waals surface area contributed by atoms with E-state index in [-0.39, 0.29) is 4.99 Å². The molecule has 2 heterocycles. The van der Waals surface area contributed by atoms with Crippen molar-refractivity contribution in [2.75, 3.05) is 5.32 Å². The zero-order chi connectivity index (χ0) is 13.1. The Morgan fingerprint density at radius 3 is 2.83 bits per heavy atom. The van der Waals surface area contributed by atoms with Crippen molar-refractivity contribution in [2.24, 2.45) is 5.73 Å². The highest BCUT2D eigenvalue weighted by atomic mass is 32.1. The zero-order valence-corrected chi connectivity index (χ0v) is 10.8. The number of rotatable bonds is 4. The molecule has 18 heavy (non-hydrogen) atoms. The molecule has 0 amide bonds. The molecule has 0 fully saturated rings. The van der Waals surface area contributed by atoms with Gasteiger partial charge in [-0.05, 0) is 19.4 Å². The number of thiocarbonyl (C=S) groups is 1. The van der Waals surface area contributed by atoms with E-state index in [2.05, 4.69) is 30.2 Å².